The van der Waals surface area contributed by atoms with Crippen molar-refractivity contribution < 1.29 is 9.90 Å². The standard InChI is InChI=1S/C18H25NO2/c1-13-3-2-4-17(13)18(21)19-11-9-15(10-12-19)14-5-7-16(20)8-6-14/h5-8,13,15,17,20H,2-4,9-12H2,1H3. The predicted octanol–water partition coefficient (Wildman–Crippen LogP) is 3.53. The molecule has 0 spiro atoms. The van der Waals surface area contributed by atoms with Crippen LogP contribution in [0.3, 0.4) is 0 Å². The molecule has 1 N–H and O–H groups in total. The van der Waals surface area contributed by atoms with Gasteiger partial charge in [0.2, 0.25) is 5.91 Å². The van der Waals surface area contributed by atoms with Crippen LogP contribution in [0.2, 0.25) is 0 Å². The molecule has 2 aliphatic rings. The number of phenols is 1. The van der Waals surface area contributed by atoms with E-state index < -0.39 is 0 Å². The van der Waals surface area contributed by atoms with Gasteiger partial charge in [0.15, 0.2) is 0 Å². The SMILES string of the molecule is CC1CCCC1C(=O)N1CCC(c2ccc(O)cc2)CC1. The van der Waals surface area contributed by atoms with Gasteiger partial charge in [-0.15, -0.1) is 0 Å². The molecule has 2 fully saturated rings. The molecule has 1 aromatic rings. The van der Waals surface area contributed by atoms with Gasteiger partial charge < -0.3 is 10.0 Å². The Hall–Kier alpha value is -1.51. The molecular weight excluding hydrogens is 262 g/mol. The van der Waals surface area contributed by atoms with Crippen molar-refractivity contribution in [3.05, 3.63) is 29.8 Å². The van der Waals surface area contributed by atoms with E-state index >= 15 is 0 Å². The van der Waals surface area contributed by atoms with Crippen LogP contribution >= 0.6 is 0 Å². The van der Waals surface area contributed by atoms with Crippen molar-refractivity contribution >= 4 is 5.91 Å². The van der Waals surface area contributed by atoms with Crippen molar-refractivity contribution in [3.8, 4) is 5.75 Å². The summed E-state index contributed by atoms with van der Waals surface area (Å²) in [6.07, 6.45) is 5.58. The van der Waals surface area contributed by atoms with E-state index in [2.05, 4.69) is 11.8 Å². The molecule has 3 nitrogen and oxygen atoms in total. The molecule has 1 aliphatic heterocycles. The number of likely N-dealkylation sites (tertiary alicyclic amines) is 1. The summed E-state index contributed by atoms with van der Waals surface area (Å²) in [5, 5.41) is 9.36. The number of aromatic hydroxyl groups is 1. The van der Waals surface area contributed by atoms with E-state index in [0.717, 1.165) is 32.4 Å². The zero-order valence-corrected chi connectivity index (χ0v) is 12.8. The van der Waals surface area contributed by atoms with Crippen LogP contribution in [0.4, 0.5) is 0 Å². The van der Waals surface area contributed by atoms with Crippen LogP contribution in [0, 0.1) is 11.8 Å². The number of piperidine rings is 1. The molecule has 2 unspecified atom stereocenters. The monoisotopic (exact) mass is 287 g/mol. The van der Waals surface area contributed by atoms with Gasteiger partial charge in [0, 0.05) is 19.0 Å². The van der Waals surface area contributed by atoms with Gasteiger partial charge in [0.25, 0.3) is 0 Å². The van der Waals surface area contributed by atoms with Crippen LogP contribution in [0.25, 0.3) is 0 Å². The second-order valence-electron chi connectivity index (χ2n) is 6.71. The summed E-state index contributed by atoms with van der Waals surface area (Å²) in [4.78, 5) is 14.7. The number of carbonyl (C=O) groups is 1. The van der Waals surface area contributed by atoms with Gasteiger partial charge in [0.1, 0.15) is 5.75 Å². The van der Waals surface area contributed by atoms with E-state index in [-0.39, 0.29) is 5.92 Å². The smallest absolute Gasteiger partial charge is 0.225 e. The number of carbonyl (C=O) groups excluding carboxylic acids is 1. The van der Waals surface area contributed by atoms with E-state index in [1.165, 1.54) is 18.4 Å². The topological polar surface area (TPSA) is 40.5 Å². The van der Waals surface area contributed by atoms with Gasteiger partial charge in [-0.1, -0.05) is 25.5 Å². The number of benzene rings is 1. The third-order valence-corrected chi connectivity index (χ3v) is 5.35. The number of rotatable bonds is 2. The van der Waals surface area contributed by atoms with E-state index in [4.69, 9.17) is 0 Å². The quantitative estimate of drug-likeness (QED) is 0.904. The van der Waals surface area contributed by atoms with Crippen LogP contribution in [-0.4, -0.2) is 29.0 Å². The number of phenolic OH excluding ortho intramolecular Hbond substituents is 1. The summed E-state index contributed by atoms with van der Waals surface area (Å²) >= 11 is 0. The number of nitrogens with zero attached hydrogens (tertiary/aromatic N) is 1. The molecule has 3 heteroatoms. The van der Waals surface area contributed by atoms with Gasteiger partial charge >= 0.3 is 0 Å². The van der Waals surface area contributed by atoms with Crippen molar-refractivity contribution in [3.63, 3.8) is 0 Å². The van der Waals surface area contributed by atoms with Crippen LogP contribution in [-0.2, 0) is 4.79 Å². The van der Waals surface area contributed by atoms with Crippen molar-refractivity contribution in [2.75, 3.05) is 13.1 Å². The summed E-state index contributed by atoms with van der Waals surface area (Å²) < 4.78 is 0. The highest BCUT2D eigenvalue weighted by Crippen LogP contribution is 2.35. The lowest BCUT2D eigenvalue weighted by molar-refractivity contribution is -0.137. The van der Waals surface area contributed by atoms with Crippen molar-refractivity contribution in [2.45, 2.75) is 44.9 Å². The minimum atomic E-state index is 0.273. The molecule has 1 aliphatic carbocycles. The number of hydrogen-bond donors (Lipinski definition) is 1. The lowest BCUT2D eigenvalue weighted by atomic mass is 9.88. The first-order chi connectivity index (χ1) is 10.1. The number of hydrogen-bond acceptors (Lipinski definition) is 2. The molecule has 0 bridgehead atoms. The molecule has 1 aromatic carbocycles. The minimum Gasteiger partial charge on any atom is -0.508 e. The highest BCUT2D eigenvalue weighted by Gasteiger charge is 2.34. The molecule has 1 saturated heterocycles. The van der Waals surface area contributed by atoms with E-state index in [9.17, 15) is 9.90 Å². The van der Waals surface area contributed by atoms with E-state index in [1.54, 1.807) is 12.1 Å². The first-order valence-corrected chi connectivity index (χ1v) is 8.23. The van der Waals surface area contributed by atoms with Gasteiger partial charge in [-0.25, -0.2) is 0 Å². The highest BCUT2D eigenvalue weighted by molar-refractivity contribution is 5.79. The normalized spacial score (nSPS) is 27.0. The Balaban J connectivity index is 1.57. The average Bonchev–Trinajstić information content (AvgIpc) is 2.94. The van der Waals surface area contributed by atoms with Crippen molar-refractivity contribution in [2.24, 2.45) is 11.8 Å². The second-order valence-corrected chi connectivity index (χ2v) is 6.71. The molecule has 21 heavy (non-hydrogen) atoms. The Kier molecular flexibility index (Phi) is 4.18. The Morgan fingerprint density at radius 1 is 1.10 bits per heavy atom. The second kappa shape index (κ2) is 6.08. The maximum atomic E-state index is 12.6. The van der Waals surface area contributed by atoms with Crippen LogP contribution in [0.15, 0.2) is 24.3 Å². The first kappa shape index (κ1) is 14.4. The van der Waals surface area contributed by atoms with Crippen molar-refractivity contribution in [1.82, 2.24) is 4.90 Å². The first-order valence-electron chi connectivity index (χ1n) is 8.23. The zero-order valence-electron chi connectivity index (χ0n) is 12.8. The van der Waals surface area contributed by atoms with Gasteiger partial charge in [-0.2, -0.15) is 0 Å². The fourth-order valence-corrected chi connectivity index (χ4v) is 3.93. The van der Waals surface area contributed by atoms with Crippen LogP contribution < -0.4 is 0 Å². The lowest BCUT2D eigenvalue weighted by Crippen LogP contribution is -2.42. The summed E-state index contributed by atoms with van der Waals surface area (Å²) in [5.74, 6) is 2.07. The third kappa shape index (κ3) is 3.07. The molecule has 0 aromatic heterocycles. The summed E-state index contributed by atoms with van der Waals surface area (Å²) in [6, 6.07) is 7.53. The van der Waals surface area contributed by atoms with Gasteiger partial charge in [0.05, 0.1) is 0 Å². The Morgan fingerprint density at radius 3 is 2.33 bits per heavy atom. The number of amides is 1. The largest absolute Gasteiger partial charge is 0.508 e. The third-order valence-electron chi connectivity index (χ3n) is 5.35. The van der Waals surface area contributed by atoms with E-state index in [0.29, 0.717) is 23.5 Å². The molecule has 1 saturated carbocycles. The molecule has 0 radical (unpaired) electrons. The Morgan fingerprint density at radius 2 is 1.76 bits per heavy atom. The van der Waals surface area contributed by atoms with Gasteiger partial charge in [-0.3, -0.25) is 4.79 Å². The molecule has 3 rings (SSSR count). The zero-order chi connectivity index (χ0) is 14.8. The summed E-state index contributed by atoms with van der Waals surface area (Å²) in [6.45, 7) is 3.99. The maximum Gasteiger partial charge on any atom is 0.225 e. The summed E-state index contributed by atoms with van der Waals surface area (Å²) in [7, 11) is 0. The molecule has 1 amide bonds. The van der Waals surface area contributed by atoms with Crippen LogP contribution in [0.1, 0.15) is 50.5 Å². The van der Waals surface area contributed by atoms with E-state index in [1.807, 2.05) is 12.1 Å². The molecule has 2 atom stereocenters. The van der Waals surface area contributed by atoms with Crippen LogP contribution in [0.5, 0.6) is 5.75 Å². The summed E-state index contributed by atoms with van der Waals surface area (Å²) in [5.41, 5.74) is 1.29. The average molecular weight is 287 g/mol. The molecular formula is C18H25NO2. The minimum absolute atomic E-state index is 0.273. The van der Waals surface area contributed by atoms with Crippen molar-refractivity contribution in [1.29, 1.82) is 0 Å². The predicted molar refractivity (Wildman–Crippen MR) is 83.2 cm³/mol. The Bertz CT molecular complexity index is 488. The lowest BCUT2D eigenvalue weighted by Gasteiger charge is -2.34. The maximum absolute atomic E-state index is 12.6. The fraction of sp³-hybridized carbons (Fsp3) is 0.611. The van der Waals surface area contributed by atoms with Gasteiger partial charge in [-0.05, 0) is 55.2 Å². The molecule has 1 heterocycles. The highest BCUT2D eigenvalue weighted by atomic mass is 16.3. The fourth-order valence-electron chi connectivity index (χ4n) is 3.93. The molecule has 114 valence electrons. The Labute approximate surface area is 127 Å².